The fourth-order valence-corrected chi connectivity index (χ4v) is 1.49. The van der Waals surface area contributed by atoms with Crippen LogP contribution in [0, 0.1) is 0 Å². The summed E-state index contributed by atoms with van der Waals surface area (Å²) in [6, 6.07) is 0. The SMILES string of the molecule is C/C=c1/c(CCC=O)c[nH]/c1=C/C.CC. The lowest BCUT2D eigenvalue weighted by atomic mass is 10.1. The van der Waals surface area contributed by atoms with Gasteiger partial charge in [0.1, 0.15) is 6.29 Å². The molecule has 0 saturated carbocycles. The van der Waals surface area contributed by atoms with Gasteiger partial charge in [0.15, 0.2) is 0 Å². The molecule has 0 amide bonds. The molecule has 1 aromatic rings. The minimum atomic E-state index is 0.599. The second-order valence-corrected chi connectivity index (χ2v) is 2.92. The summed E-state index contributed by atoms with van der Waals surface area (Å²) in [4.78, 5) is 13.4. The van der Waals surface area contributed by atoms with Crippen molar-refractivity contribution in [3.8, 4) is 0 Å². The first-order chi connectivity index (χ1) is 7.33. The van der Waals surface area contributed by atoms with Gasteiger partial charge in [0, 0.05) is 18.0 Å². The van der Waals surface area contributed by atoms with Gasteiger partial charge in [0.05, 0.1) is 0 Å². The van der Waals surface area contributed by atoms with Crippen molar-refractivity contribution in [1.29, 1.82) is 0 Å². The first-order valence-electron chi connectivity index (χ1n) is 5.56. The maximum absolute atomic E-state index is 10.2. The number of nitrogens with one attached hydrogen (secondary N) is 1. The lowest BCUT2D eigenvalue weighted by Gasteiger charge is -1.89. The molecule has 15 heavy (non-hydrogen) atoms. The lowest BCUT2D eigenvalue weighted by Crippen LogP contribution is -2.24. The highest BCUT2D eigenvalue weighted by Gasteiger charge is 1.96. The van der Waals surface area contributed by atoms with Crippen LogP contribution in [0.4, 0.5) is 0 Å². The summed E-state index contributed by atoms with van der Waals surface area (Å²) in [5, 5.41) is 2.37. The van der Waals surface area contributed by atoms with Crippen molar-refractivity contribution in [2.45, 2.75) is 40.5 Å². The van der Waals surface area contributed by atoms with Crippen molar-refractivity contribution in [3.05, 3.63) is 22.3 Å². The highest BCUT2D eigenvalue weighted by molar-refractivity contribution is 5.50. The van der Waals surface area contributed by atoms with Gasteiger partial charge in [-0.2, -0.15) is 0 Å². The van der Waals surface area contributed by atoms with E-state index in [1.807, 2.05) is 40.0 Å². The van der Waals surface area contributed by atoms with E-state index in [0.29, 0.717) is 6.42 Å². The Morgan fingerprint density at radius 2 is 1.93 bits per heavy atom. The molecule has 2 nitrogen and oxygen atoms in total. The van der Waals surface area contributed by atoms with Gasteiger partial charge in [-0.25, -0.2) is 0 Å². The van der Waals surface area contributed by atoms with Gasteiger partial charge < -0.3 is 9.78 Å². The maximum atomic E-state index is 10.2. The predicted molar refractivity (Wildman–Crippen MR) is 66.1 cm³/mol. The van der Waals surface area contributed by atoms with Crippen LogP contribution in [0.3, 0.4) is 0 Å². The highest BCUT2D eigenvalue weighted by atomic mass is 16.1. The monoisotopic (exact) mass is 207 g/mol. The standard InChI is InChI=1S/C11H15NO.C2H6/c1-3-10-9(6-5-7-13)8-12-11(10)4-2;1-2/h3-4,7-8,12H,5-6H2,1-2H3;1-2H3/b10-3-,11-4+;. The quantitative estimate of drug-likeness (QED) is 0.753. The van der Waals surface area contributed by atoms with Crippen molar-refractivity contribution in [1.82, 2.24) is 4.98 Å². The molecule has 0 fully saturated rings. The van der Waals surface area contributed by atoms with Crippen LogP contribution >= 0.6 is 0 Å². The smallest absolute Gasteiger partial charge is 0.120 e. The summed E-state index contributed by atoms with van der Waals surface area (Å²) < 4.78 is 0. The molecule has 0 aliphatic heterocycles. The van der Waals surface area contributed by atoms with Crippen LogP contribution < -0.4 is 10.6 Å². The Morgan fingerprint density at radius 1 is 1.27 bits per heavy atom. The van der Waals surface area contributed by atoms with Gasteiger partial charge >= 0.3 is 0 Å². The molecular weight excluding hydrogens is 186 g/mol. The van der Waals surface area contributed by atoms with E-state index in [1.54, 1.807) is 0 Å². The van der Waals surface area contributed by atoms with Gasteiger partial charge in [-0.1, -0.05) is 26.0 Å². The minimum Gasteiger partial charge on any atom is -0.361 e. The Morgan fingerprint density at radius 3 is 2.40 bits per heavy atom. The van der Waals surface area contributed by atoms with Crippen molar-refractivity contribution in [3.63, 3.8) is 0 Å². The number of aldehydes is 1. The third-order valence-electron chi connectivity index (χ3n) is 2.15. The van der Waals surface area contributed by atoms with E-state index in [4.69, 9.17) is 0 Å². The van der Waals surface area contributed by atoms with Crippen LogP contribution in [0.1, 0.15) is 39.7 Å². The third kappa shape index (κ3) is 3.74. The van der Waals surface area contributed by atoms with Crippen LogP contribution in [0.2, 0.25) is 0 Å². The fraction of sp³-hybridized carbons (Fsp3) is 0.462. The van der Waals surface area contributed by atoms with E-state index < -0.39 is 0 Å². The van der Waals surface area contributed by atoms with Gasteiger partial charge in [0.2, 0.25) is 0 Å². The first kappa shape index (κ1) is 13.7. The number of carbonyl (C=O) groups is 1. The van der Waals surface area contributed by atoms with E-state index >= 15 is 0 Å². The molecule has 0 aromatic carbocycles. The Bertz CT molecular complexity index is 387. The summed E-state index contributed by atoms with van der Waals surface area (Å²) in [6.45, 7) is 8.02. The van der Waals surface area contributed by atoms with Crippen molar-refractivity contribution >= 4 is 18.4 Å². The van der Waals surface area contributed by atoms with Gasteiger partial charge in [-0.05, 0) is 31.1 Å². The number of carbonyl (C=O) groups excluding carboxylic acids is 1. The molecule has 0 bridgehead atoms. The van der Waals surface area contributed by atoms with Crippen molar-refractivity contribution in [2.75, 3.05) is 0 Å². The van der Waals surface area contributed by atoms with E-state index in [2.05, 4.69) is 11.1 Å². The van der Waals surface area contributed by atoms with E-state index in [0.717, 1.165) is 18.1 Å². The summed E-state index contributed by atoms with van der Waals surface area (Å²) >= 11 is 0. The number of hydrogen-bond donors (Lipinski definition) is 1. The molecule has 84 valence electrons. The Kier molecular flexibility index (Phi) is 7.33. The lowest BCUT2D eigenvalue weighted by molar-refractivity contribution is -0.107. The summed E-state index contributed by atoms with van der Waals surface area (Å²) in [5.41, 5.74) is 1.22. The van der Waals surface area contributed by atoms with E-state index in [-0.39, 0.29) is 0 Å². The average Bonchev–Trinajstić information content (AvgIpc) is 2.70. The number of aromatic nitrogens is 1. The summed E-state index contributed by atoms with van der Waals surface area (Å²) in [6.07, 6.45) is 8.48. The average molecular weight is 207 g/mol. The number of rotatable bonds is 3. The number of aryl methyl sites for hydroxylation is 1. The zero-order chi connectivity index (χ0) is 11.7. The van der Waals surface area contributed by atoms with Crippen molar-refractivity contribution < 1.29 is 4.79 Å². The maximum Gasteiger partial charge on any atom is 0.120 e. The first-order valence-corrected chi connectivity index (χ1v) is 5.56. The molecule has 0 saturated heterocycles. The molecule has 0 spiro atoms. The fourth-order valence-electron chi connectivity index (χ4n) is 1.49. The summed E-state index contributed by atoms with van der Waals surface area (Å²) in [7, 11) is 0. The largest absolute Gasteiger partial charge is 0.361 e. The molecule has 1 N–H and O–H groups in total. The highest BCUT2D eigenvalue weighted by Crippen LogP contribution is 1.91. The molecule has 1 heterocycles. The predicted octanol–water partition coefficient (Wildman–Crippen LogP) is 1.77. The number of H-pyrrole nitrogens is 1. The molecule has 0 unspecified atom stereocenters. The molecule has 0 aliphatic rings. The van der Waals surface area contributed by atoms with Gasteiger partial charge in [-0.15, -0.1) is 0 Å². The topological polar surface area (TPSA) is 32.9 Å². The Hall–Kier alpha value is -1.31. The molecule has 0 atom stereocenters. The van der Waals surface area contributed by atoms with Crippen molar-refractivity contribution in [2.24, 2.45) is 0 Å². The molecule has 0 aliphatic carbocycles. The van der Waals surface area contributed by atoms with Gasteiger partial charge in [0.25, 0.3) is 0 Å². The Labute approximate surface area is 91.7 Å². The van der Waals surface area contributed by atoms with Crippen LogP contribution in [-0.2, 0) is 11.2 Å². The molecular formula is C13H21NO. The molecule has 2 heteroatoms. The number of aromatic amines is 1. The molecule has 1 aromatic heterocycles. The van der Waals surface area contributed by atoms with Crippen LogP contribution in [0.15, 0.2) is 6.20 Å². The zero-order valence-corrected chi connectivity index (χ0v) is 10.1. The number of hydrogen-bond acceptors (Lipinski definition) is 1. The van der Waals surface area contributed by atoms with E-state index in [9.17, 15) is 4.79 Å². The molecule has 1 rings (SSSR count). The third-order valence-corrected chi connectivity index (χ3v) is 2.15. The second-order valence-electron chi connectivity index (χ2n) is 2.92. The minimum absolute atomic E-state index is 0.599. The van der Waals surface area contributed by atoms with E-state index in [1.165, 1.54) is 10.8 Å². The second kappa shape index (κ2) is 8.04. The van der Waals surface area contributed by atoms with Crippen LogP contribution in [-0.4, -0.2) is 11.3 Å². The Balaban J connectivity index is 0.000000921. The van der Waals surface area contributed by atoms with Gasteiger partial charge in [-0.3, -0.25) is 0 Å². The normalized spacial score (nSPS) is 12.3. The molecule has 0 radical (unpaired) electrons. The van der Waals surface area contributed by atoms with Crippen LogP contribution in [0.5, 0.6) is 0 Å². The summed E-state index contributed by atoms with van der Waals surface area (Å²) in [5.74, 6) is 0. The van der Waals surface area contributed by atoms with Crippen LogP contribution in [0.25, 0.3) is 12.2 Å². The zero-order valence-electron chi connectivity index (χ0n) is 10.1.